The van der Waals surface area contributed by atoms with Crippen LogP contribution in [0.4, 0.5) is 4.39 Å². The van der Waals surface area contributed by atoms with Gasteiger partial charge in [0.05, 0.1) is 12.6 Å². The maximum atomic E-state index is 13.2. The van der Waals surface area contributed by atoms with Crippen molar-refractivity contribution in [2.24, 2.45) is 5.73 Å². The number of aliphatic hydroxyl groups is 1. The molecular weight excluding hydrogens is 169 g/mol. The van der Waals surface area contributed by atoms with Gasteiger partial charge in [-0.1, -0.05) is 18.2 Å². The van der Waals surface area contributed by atoms with Crippen molar-refractivity contribution in [1.82, 2.24) is 0 Å². The summed E-state index contributed by atoms with van der Waals surface area (Å²) in [5.41, 5.74) is 6.50. The van der Waals surface area contributed by atoms with Gasteiger partial charge in [0.2, 0.25) is 0 Å². The third-order valence-electron chi connectivity index (χ3n) is 1.86. The minimum Gasteiger partial charge on any atom is -0.392 e. The summed E-state index contributed by atoms with van der Waals surface area (Å²) < 4.78 is 13.2. The molecule has 0 radical (unpaired) electrons. The highest BCUT2D eigenvalue weighted by Gasteiger charge is 2.07. The van der Waals surface area contributed by atoms with E-state index < -0.39 is 11.9 Å². The monoisotopic (exact) mass is 181 g/mol. The number of nitrogens with two attached hydrogens (primary N) is 1. The molecule has 1 atom stereocenters. The van der Waals surface area contributed by atoms with Gasteiger partial charge in [-0.3, -0.25) is 0 Å². The lowest BCUT2D eigenvalue weighted by molar-refractivity contribution is 0.281. The number of benzene rings is 1. The van der Waals surface area contributed by atoms with E-state index in [0.29, 0.717) is 11.1 Å². The molecule has 13 heavy (non-hydrogen) atoms. The average Bonchev–Trinajstić information content (AvgIpc) is 2.16. The molecule has 0 fully saturated rings. The molecule has 2 nitrogen and oxygen atoms in total. The predicted octanol–water partition coefficient (Wildman–Crippen LogP) is 1.50. The molecular formula is C10H12FNO. The molecule has 3 heteroatoms. The minimum atomic E-state index is -0.493. The van der Waals surface area contributed by atoms with Crippen molar-refractivity contribution in [1.29, 1.82) is 0 Å². The first-order valence-corrected chi connectivity index (χ1v) is 3.96. The number of rotatable bonds is 3. The third-order valence-corrected chi connectivity index (χ3v) is 1.86. The lowest BCUT2D eigenvalue weighted by Crippen LogP contribution is -2.08. The van der Waals surface area contributed by atoms with E-state index in [4.69, 9.17) is 10.8 Å². The van der Waals surface area contributed by atoms with Gasteiger partial charge in [-0.2, -0.15) is 0 Å². The lowest BCUT2D eigenvalue weighted by Gasteiger charge is -2.08. The Hall–Kier alpha value is -1.19. The Labute approximate surface area is 76.5 Å². The molecule has 1 unspecified atom stereocenters. The fourth-order valence-electron chi connectivity index (χ4n) is 1.07. The molecule has 1 aromatic carbocycles. The number of hydrogen-bond acceptors (Lipinski definition) is 2. The predicted molar refractivity (Wildman–Crippen MR) is 49.4 cm³/mol. The molecule has 70 valence electrons. The zero-order valence-electron chi connectivity index (χ0n) is 7.20. The first-order chi connectivity index (χ1) is 6.19. The Morgan fingerprint density at radius 1 is 1.62 bits per heavy atom. The van der Waals surface area contributed by atoms with Crippen LogP contribution < -0.4 is 5.73 Å². The third kappa shape index (κ3) is 2.14. The summed E-state index contributed by atoms with van der Waals surface area (Å²) in [6, 6.07) is 3.99. The average molecular weight is 181 g/mol. The van der Waals surface area contributed by atoms with Crippen molar-refractivity contribution >= 4 is 0 Å². The van der Waals surface area contributed by atoms with Gasteiger partial charge < -0.3 is 10.8 Å². The molecule has 0 aliphatic carbocycles. The van der Waals surface area contributed by atoms with Gasteiger partial charge in [-0.05, 0) is 11.6 Å². The van der Waals surface area contributed by atoms with Crippen molar-refractivity contribution in [2.45, 2.75) is 12.6 Å². The van der Waals surface area contributed by atoms with Crippen LogP contribution in [0.1, 0.15) is 17.2 Å². The van der Waals surface area contributed by atoms with Crippen molar-refractivity contribution < 1.29 is 9.50 Å². The molecule has 0 aliphatic heterocycles. The highest BCUT2D eigenvalue weighted by Crippen LogP contribution is 2.17. The Balaban J connectivity index is 3.04. The van der Waals surface area contributed by atoms with Crippen molar-refractivity contribution in [3.05, 3.63) is 47.8 Å². The van der Waals surface area contributed by atoms with E-state index in [1.807, 2.05) is 0 Å². The second-order valence-electron chi connectivity index (χ2n) is 2.78. The molecule has 1 rings (SSSR count). The molecule has 0 aliphatic rings. The highest BCUT2D eigenvalue weighted by molar-refractivity contribution is 5.28. The van der Waals surface area contributed by atoms with Crippen LogP contribution in [0.2, 0.25) is 0 Å². The summed E-state index contributed by atoms with van der Waals surface area (Å²) >= 11 is 0. The van der Waals surface area contributed by atoms with Gasteiger partial charge in [0.15, 0.2) is 0 Å². The van der Waals surface area contributed by atoms with E-state index in [2.05, 4.69) is 6.58 Å². The molecule has 1 aromatic rings. The molecule has 0 bridgehead atoms. The maximum absolute atomic E-state index is 13.2. The van der Waals surface area contributed by atoms with E-state index in [1.165, 1.54) is 12.1 Å². The topological polar surface area (TPSA) is 46.2 Å². The largest absolute Gasteiger partial charge is 0.392 e. The van der Waals surface area contributed by atoms with Gasteiger partial charge in [-0.25, -0.2) is 4.39 Å². The fourth-order valence-corrected chi connectivity index (χ4v) is 1.07. The molecule has 0 spiro atoms. The highest BCUT2D eigenvalue weighted by atomic mass is 19.1. The standard InChI is InChI=1S/C10H12FNO/c1-2-10(12)8-4-3-7(6-13)5-9(8)11/h2-5,10,13H,1,6,12H2. The first kappa shape index (κ1) is 9.89. The van der Waals surface area contributed by atoms with Crippen LogP contribution in [0, 0.1) is 5.82 Å². The molecule has 0 heterocycles. The Morgan fingerprint density at radius 3 is 2.77 bits per heavy atom. The molecule has 0 saturated heterocycles. The van der Waals surface area contributed by atoms with Gasteiger partial charge in [0.25, 0.3) is 0 Å². The maximum Gasteiger partial charge on any atom is 0.128 e. The van der Waals surface area contributed by atoms with Crippen LogP contribution in [0.5, 0.6) is 0 Å². The second kappa shape index (κ2) is 4.16. The van der Waals surface area contributed by atoms with Crippen LogP contribution in [0.25, 0.3) is 0 Å². The fraction of sp³-hybridized carbons (Fsp3) is 0.200. The van der Waals surface area contributed by atoms with E-state index >= 15 is 0 Å². The van der Waals surface area contributed by atoms with Crippen LogP contribution in [-0.4, -0.2) is 5.11 Å². The van der Waals surface area contributed by atoms with E-state index in [0.717, 1.165) is 0 Å². The zero-order chi connectivity index (χ0) is 9.84. The summed E-state index contributed by atoms with van der Waals surface area (Å²) in [5.74, 6) is -0.404. The van der Waals surface area contributed by atoms with Crippen LogP contribution in [-0.2, 0) is 6.61 Å². The number of halogens is 1. The Morgan fingerprint density at radius 2 is 2.31 bits per heavy atom. The van der Waals surface area contributed by atoms with Gasteiger partial charge >= 0.3 is 0 Å². The second-order valence-corrected chi connectivity index (χ2v) is 2.78. The lowest BCUT2D eigenvalue weighted by atomic mass is 10.1. The number of aliphatic hydroxyl groups excluding tert-OH is 1. The van der Waals surface area contributed by atoms with E-state index in [9.17, 15) is 4.39 Å². The van der Waals surface area contributed by atoms with Crippen molar-refractivity contribution in [2.75, 3.05) is 0 Å². The van der Waals surface area contributed by atoms with Gasteiger partial charge in [0, 0.05) is 5.56 Å². The Bertz CT molecular complexity index is 312. The van der Waals surface area contributed by atoms with Crippen LogP contribution >= 0.6 is 0 Å². The Kier molecular flexibility index (Phi) is 3.17. The van der Waals surface area contributed by atoms with Crippen LogP contribution in [0.15, 0.2) is 30.9 Å². The normalized spacial score (nSPS) is 12.5. The van der Waals surface area contributed by atoms with Gasteiger partial charge in [-0.15, -0.1) is 6.58 Å². The summed E-state index contributed by atoms with van der Waals surface area (Å²) in [4.78, 5) is 0. The van der Waals surface area contributed by atoms with Crippen molar-refractivity contribution in [3.63, 3.8) is 0 Å². The molecule has 0 amide bonds. The summed E-state index contributed by atoms with van der Waals surface area (Å²) in [5, 5.41) is 8.73. The molecule has 3 N–H and O–H groups in total. The van der Waals surface area contributed by atoms with Crippen LogP contribution in [0.3, 0.4) is 0 Å². The number of hydrogen-bond donors (Lipinski definition) is 2. The quantitative estimate of drug-likeness (QED) is 0.694. The first-order valence-electron chi connectivity index (χ1n) is 3.96. The van der Waals surface area contributed by atoms with Gasteiger partial charge in [0.1, 0.15) is 5.82 Å². The molecule has 0 saturated carbocycles. The van der Waals surface area contributed by atoms with E-state index in [-0.39, 0.29) is 6.61 Å². The molecule has 0 aromatic heterocycles. The van der Waals surface area contributed by atoms with Crippen molar-refractivity contribution in [3.8, 4) is 0 Å². The zero-order valence-corrected chi connectivity index (χ0v) is 7.20. The SMILES string of the molecule is C=CC(N)c1ccc(CO)cc1F. The summed E-state index contributed by atoms with van der Waals surface area (Å²) in [6.07, 6.45) is 1.47. The minimum absolute atomic E-state index is 0.166. The summed E-state index contributed by atoms with van der Waals surface area (Å²) in [6.45, 7) is 3.31. The summed E-state index contributed by atoms with van der Waals surface area (Å²) in [7, 11) is 0. The van der Waals surface area contributed by atoms with E-state index in [1.54, 1.807) is 12.1 Å². The smallest absolute Gasteiger partial charge is 0.128 e.